The summed E-state index contributed by atoms with van der Waals surface area (Å²) in [6, 6.07) is 10.7. The Labute approximate surface area is 184 Å². The van der Waals surface area contributed by atoms with Gasteiger partial charge < -0.3 is 14.4 Å². The number of likely N-dealkylation sites (tertiary alicyclic amines) is 1. The lowest BCUT2D eigenvalue weighted by molar-refractivity contribution is -0.120. The SMILES string of the molecule is Cc1ccc(-c2cc3c(cn2)OC2(C3)CC3(CCN(C(=O)OC(C)(C)C)CC3)C2)cc1. The van der Waals surface area contributed by atoms with Crippen molar-refractivity contribution in [2.75, 3.05) is 13.1 Å². The Morgan fingerprint density at radius 1 is 1.13 bits per heavy atom. The van der Waals surface area contributed by atoms with E-state index in [1.165, 1.54) is 11.1 Å². The number of carbonyl (C=O) groups is 1. The number of hydrogen-bond acceptors (Lipinski definition) is 4. The van der Waals surface area contributed by atoms with Gasteiger partial charge in [-0.1, -0.05) is 29.8 Å². The second-order valence-corrected chi connectivity index (χ2v) is 10.8. The van der Waals surface area contributed by atoms with E-state index < -0.39 is 5.60 Å². The number of carbonyl (C=O) groups excluding carboxylic acids is 1. The van der Waals surface area contributed by atoms with E-state index in [-0.39, 0.29) is 11.7 Å². The summed E-state index contributed by atoms with van der Waals surface area (Å²) in [5, 5.41) is 0. The standard InChI is InChI=1S/C26H32N2O3/c1-18-5-7-19(8-6-18)21-13-20-14-26(30-22(20)15-27-21)16-25(17-26)9-11-28(12-10-25)23(29)31-24(2,3)4/h5-8,13,15H,9-12,14,16-17H2,1-4H3. The molecule has 0 unspecified atom stereocenters. The Morgan fingerprint density at radius 2 is 1.81 bits per heavy atom. The number of aromatic nitrogens is 1. The summed E-state index contributed by atoms with van der Waals surface area (Å²) >= 11 is 0. The molecular formula is C26H32N2O3. The van der Waals surface area contributed by atoms with Gasteiger partial charge in [0.15, 0.2) is 0 Å². The van der Waals surface area contributed by atoms with Crippen molar-refractivity contribution < 1.29 is 14.3 Å². The second-order valence-electron chi connectivity index (χ2n) is 10.8. The van der Waals surface area contributed by atoms with Crippen molar-refractivity contribution in [1.82, 2.24) is 9.88 Å². The van der Waals surface area contributed by atoms with Crippen molar-refractivity contribution in [3.8, 4) is 17.0 Å². The summed E-state index contributed by atoms with van der Waals surface area (Å²) in [6.45, 7) is 9.40. The van der Waals surface area contributed by atoms with E-state index in [9.17, 15) is 4.79 Å². The Balaban J connectivity index is 1.21. The molecule has 164 valence electrons. The predicted molar refractivity (Wildman–Crippen MR) is 120 cm³/mol. The van der Waals surface area contributed by atoms with E-state index in [0.717, 1.165) is 62.2 Å². The minimum absolute atomic E-state index is 0.0794. The molecule has 2 aliphatic heterocycles. The van der Waals surface area contributed by atoms with Crippen LogP contribution in [0.3, 0.4) is 0 Å². The quantitative estimate of drug-likeness (QED) is 0.608. The number of amides is 1. The third kappa shape index (κ3) is 3.90. The van der Waals surface area contributed by atoms with E-state index in [1.54, 1.807) is 0 Å². The van der Waals surface area contributed by atoms with Crippen LogP contribution >= 0.6 is 0 Å². The van der Waals surface area contributed by atoms with Gasteiger partial charge in [-0.05, 0) is 64.9 Å². The molecule has 2 fully saturated rings. The zero-order chi connectivity index (χ0) is 21.9. The number of hydrogen-bond donors (Lipinski definition) is 0. The fraction of sp³-hybridized carbons (Fsp3) is 0.538. The number of ether oxygens (including phenoxy) is 2. The molecule has 1 saturated heterocycles. The highest BCUT2D eigenvalue weighted by Gasteiger charge is 2.59. The van der Waals surface area contributed by atoms with Crippen LogP contribution in [0.2, 0.25) is 0 Å². The first-order valence-electron chi connectivity index (χ1n) is 11.4. The minimum atomic E-state index is -0.443. The van der Waals surface area contributed by atoms with Crippen LogP contribution in [0.5, 0.6) is 5.75 Å². The summed E-state index contributed by atoms with van der Waals surface area (Å²) in [5.41, 5.74) is 4.46. The van der Waals surface area contributed by atoms with Crippen LogP contribution in [0.25, 0.3) is 11.3 Å². The van der Waals surface area contributed by atoms with Gasteiger partial charge in [0.25, 0.3) is 0 Å². The van der Waals surface area contributed by atoms with E-state index in [0.29, 0.717) is 5.41 Å². The highest BCUT2D eigenvalue weighted by molar-refractivity contribution is 5.68. The fourth-order valence-corrected chi connectivity index (χ4v) is 5.57. The third-order valence-corrected chi connectivity index (χ3v) is 7.00. The molecule has 0 radical (unpaired) electrons. The van der Waals surface area contributed by atoms with Gasteiger partial charge in [-0.25, -0.2) is 4.79 Å². The van der Waals surface area contributed by atoms with Crippen LogP contribution in [0.15, 0.2) is 36.5 Å². The maximum Gasteiger partial charge on any atom is 0.410 e. The van der Waals surface area contributed by atoms with Gasteiger partial charge in [-0.3, -0.25) is 4.98 Å². The van der Waals surface area contributed by atoms with E-state index >= 15 is 0 Å². The maximum atomic E-state index is 12.4. The summed E-state index contributed by atoms with van der Waals surface area (Å²) in [5.74, 6) is 0.942. The molecule has 3 aliphatic rings. The first-order valence-corrected chi connectivity index (χ1v) is 11.4. The molecule has 0 atom stereocenters. The van der Waals surface area contributed by atoms with Crippen molar-refractivity contribution in [2.45, 2.75) is 71.0 Å². The topological polar surface area (TPSA) is 51.7 Å². The smallest absolute Gasteiger partial charge is 0.410 e. The number of aryl methyl sites for hydroxylation is 1. The molecule has 1 amide bonds. The van der Waals surface area contributed by atoms with Gasteiger partial charge in [0.1, 0.15) is 17.0 Å². The summed E-state index contributed by atoms with van der Waals surface area (Å²) in [6.07, 6.45) is 6.86. The Morgan fingerprint density at radius 3 is 2.45 bits per heavy atom. The summed E-state index contributed by atoms with van der Waals surface area (Å²) < 4.78 is 12.0. The first-order chi connectivity index (χ1) is 14.6. The molecule has 5 rings (SSSR count). The number of nitrogens with zero attached hydrogens (tertiary/aromatic N) is 2. The van der Waals surface area contributed by atoms with Crippen LogP contribution < -0.4 is 4.74 Å². The van der Waals surface area contributed by atoms with Crippen LogP contribution in [0.1, 0.15) is 57.6 Å². The minimum Gasteiger partial charge on any atom is -0.485 e. The molecule has 5 nitrogen and oxygen atoms in total. The monoisotopic (exact) mass is 420 g/mol. The van der Waals surface area contributed by atoms with Gasteiger partial charge >= 0.3 is 6.09 Å². The van der Waals surface area contributed by atoms with Crippen molar-refractivity contribution in [2.24, 2.45) is 5.41 Å². The normalized spacial score (nSPS) is 20.8. The Bertz CT molecular complexity index is 990. The Kier molecular flexibility index (Phi) is 4.58. The molecular weight excluding hydrogens is 388 g/mol. The highest BCUT2D eigenvalue weighted by atomic mass is 16.6. The first kappa shape index (κ1) is 20.3. The molecule has 3 heterocycles. The lowest BCUT2D eigenvalue weighted by Gasteiger charge is -2.56. The average molecular weight is 421 g/mol. The molecule has 1 aliphatic carbocycles. The highest BCUT2D eigenvalue weighted by Crippen LogP contribution is 2.60. The van der Waals surface area contributed by atoms with Gasteiger partial charge in [0.05, 0.1) is 11.9 Å². The number of rotatable bonds is 1. The van der Waals surface area contributed by atoms with E-state index in [4.69, 9.17) is 9.47 Å². The van der Waals surface area contributed by atoms with Crippen LogP contribution in [0, 0.1) is 12.3 Å². The third-order valence-electron chi connectivity index (χ3n) is 7.00. The maximum absolute atomic E-state index is 12.4. The van der Waals surface area contributed by atoms with Crippen LogP contribution in [-0.4, -0.2) is 40.3 Å². The van der Waals surface area contributed by atoms with Gasteiger partial charge in [-0.2, -0.15) is 0 Å². The molecule has 31 heavy (non-hydrogen) atoms. The lowest BCUT2D eigenvalue weighted by Crippen LogP contribution is -2.59. The van der Waals surface area contributed by atoms with E-state index in [2.05, 4.69) is 42.2 Å². The molecule has 2 spiro atoms. The Hall–Kier alpha value is -2.56. The zero-order valence-corrected chi connectivity index (χ0v) is 19.0. The number of fused-ring (bicyclic) bond motifs is 1. The lowest BCUT2D eigenvalue weighted by atomic mass is 9.54. The van der Waals surface area contributed by atoms with Crippen molar-refractivity contribution in [3.63, 3.8) is 0 Å². The summed E-state index contributed by atoms with van der Waals surface area (Å²) in [4.78, 5) is 18.9. The molecule has 0 N–H and O–H groups in total. The zero-order valence-electron chi connectivity index (χ0n) is 19.0. The van der Waals surface area contributed by atoms with Crippen LogP contribution in [0.4, 0.5) is 4.79 Å². The van der Waals surface area contributed by atoms with Crippen LogP contribution in [-0.2, 0) is 11.2 Å². The van der Waals surface area contributed by atoms with Crippen molar-refractivity contribution in [3.05, 3.63) is 47.7 Å². The summed E-state index contributed by atoms with van der Waals surface area (Å²) in [7, 11) is 0. The number of benzene rings is 1. The van der Waals surface area contributed by atoms with Crippen molar-refractivity contribution in [1.29, 1.82) is 0 Å². The fourth-order valence-electron chi connectivity index (χ4n) is 5.57. The number of piperidine rings is 1. The van der Waals surface area contributed by atoms with E-state index in [1.807, 2.05) is 31.9 Å². The second kappa shape index (κ2) is 6.98. The van der Waals surface area contributed by atoms with Gasteiger partial charge in [0, 0.05) is 30.6 Å². The van der Waals surface area contributed by atoms with Crippen molar-refractivity contribution >= 4 is 6.09 Å². The molecule has 0 bridgehead atoms. The molecule has 1 saturated carbocycles. The molecule has 1 aromatic heterocycles. The number of pyridine rings is 1. The molecule has 1 aromatic carbocycles. The van der Waals surface area contributed by atoms with Gasteiger partial charge in [0.2, 0.25) is 0 Å². The average Bonchev–Trinajstić information content (AvgIpc) is 3.05. The van der Waals surface area contributed by atoms with Gasteiger partial charge in [-0.15, -0.1) is 0 Å². The molecule has 5 heteroatoms. The molecule has 2 aromatic rings. The predicted octanol–water partition coefficient (Wildman–Crippen LogP) is 5.54. The largest absolute Gasteiger partial charge is 0.485 e.